The van der Waals surface area contributed by atoms with Crippen molar-refractivity contribution in [3.8, 4) is 0 Å². The Morgan fingerprint density at radius 2 is 1.67 bits per heavy atom. The molecule has 0 spiro atoms. The van der Waals surface area contributed by atoms with E-state index in [9.17, 15) is 23.2 Å². The largest absolute Gasteiger partial charge is 0.339 e. The molecule has 2 aromatic rings. The van der Waals surface area contributed by atoms with Gasteiger partial charge >= 0.3 is 0 Å². The van der Waals surface area contributed by atoms with Gasteiger partial charge in [0.05, 0.1) is 18.2 Å². The molecule has 30 heavy (non-hydrogen) atoms. The highest BCUT2D eigenvalue weighted by Crippen LogP contribution is 2.24. The van der Waals surface area contributed by atoms with Gasteiger partial charge in [-0.3, -0.25) is 14.4 Å². The van der Waals surface area contributed by atoms with E-state index in [-0.39, 0.29) is 30.2 Å². The first-order valence-electron chi connectivity index (χ1n) is 9.85. The number of nitrogens with zero attached hydrogens (tertiary/aromatic N) is 2. The van der Waals surface area contributed by atoms with Crippen molar-refractivity contribution in [2.45, 2.75) is 31.3 Å². The minimum absolute atomic E-state index is 0.0172. The molecule has 1 atom stereocenters. The molecule has 0 bridgehead atoms. The standard InChI is InChI=1S/C22H21F2N3O3/c23-15-4-6-18(7-5-15)27-20(28)13-19(22(27)30)25-17-8-10-26(11-9-17)21(29)14-2-1-3-16(24)12-14/h1-7,12,17,19,25H,8-11,13H2/t19-/m0/s1. The Bertz CT molecular complexity index is 972. The lowest BCUT2D eigenvalue weighted by Gasteiger charge is -2.33. The second-order valence-electron chi connectivity index (χ2n) is 7.54. The molecule has 156 valence electrons. The number of anilines is 1. The van der Waals surface area contributed by atoms with Crippen LogP contribution in [0.4, 0.5) is 14.5 Å². The number of rotatable bonds is 4. The molecule has 2 aliphatic rings. The first-order valence-corrected chi connectivity index (χ1v) is 9.85. The third-order valence-corrected chi connectivity index (χ3v) is 5.52. The highest BCUT2D eigenvalue weighted by molar-refractivity contribution is 6.22. The van der Waals surface area contributed by atoms with Crippen LogP contribution < -0.4 is 10.2 Å². The molecule has 3 amide bonds. The molecule has 6 nitrogen and oxygen atoms in total. The predicted octanol–water partition coefficient (Wildman–Crippen LogP) is 2.49. The van der Waals surface area contributed by atoms with Crippen LogP contribution >= 0.6 is 0 Å². The van der Waals surface area contributed by atoms with Crippen LogP contribution in [-0.2, 0) is 9.59 Å². The van der Waals surface area contributed by atoms with E-state index in [1.165, 1.54) is 42.5 Å². The maximum Gasteiger partial charge on any atom is 0.253 e. The molecule has 2 heterocycles. The van der Waals surface area contributed by atoms with Crippen molar-refractivity contribution >= 4 is 23.4 Å². The van der Waals surface area contributed by atoms with E-state index in [1.54, 1.807) is 11.0 Å². The molecule has 0 aromatic heterocycles. The number of benzene rings is 2. The number of hydrogen-bond acceptors (Lipinski definition) is 4. The van der Waals surface area contributed by atoms with E-state index >= 15 is 0 Å². The zero-order valence-corrected chi connectivity index (χ0v) is 16.2. The van der Waals surface area contributed by atoms with Gasteiger partial charge in [0.25, 0.3) is 11.8 Å². The van der Waals surface area contributed by atoms with Crippen molar-refractivity contribution in [3.63, 3.8) is 0 Å². The number of piperidine rings is 1. The summed E-state index contributed by atoms with van der Waals surface area (Å²) in [7, 11) is 0. The van der Waals surface area contributed by atoms with Crippen molar-refractivity contribution in [2.75, 3.05) is 18.0 Å². The highest BCUT2D eigenvalue weighted by atomic mass is 19.1. The van der Waals surface area contributed by atoms with Gasteiger partial charge in [-0.15, -0.1) is 0 Å². The van der Waals surface area contributed by atoms with Crippen LogP contribution in [0.15, 0.2) is 48.5 Å². The number of imide groups is 1. The Kier molecular flexibility index (Phi) is 5.59. The number of carbonyl (C=O) groups is 3. The van der Waals surface area contributed by atoms with E-state index in [2.05, 4.69) is 5.32 Å². The maximum atomic E-state index is 13.4. The van der Waals surface area contributed by atoms with Crippen molar-refractivity contribution in [1.29, 1.82) is 0 Å². The minimum atomic E-state index is -0.641. The second-order valence-corrected chi connectivity index (χ2v) is 7.54. The fourth-order valence-corrected chi connectivity index (χ4v) is 3.96. The van der Waals surface area contributed by atoms with Gasteiger partial charge in [0, 0.05) is 24.7 Å². The third kappa shape index (κ3) is 4.09. The average Bonchev–Trinajstić information content (AvgIpc) is 3.02. The van der Waals surface area contributed by atoms with Crippen LogP contribution in [0.2, 0.25) is 0 Å². The minimum Gasteiger partial charge on any atom is -0.339 e. The molecule has 8 heteroatoms. The van der Waals surface area contributed by atoms with E-state index < -0.39 is 17.7 Å². The highest BCUT2D eigenvalue weighted by Gasteiger charge is 2.40. The molecule has 0 radical (unpaired) electrons. The zero-order chi connectivity index (χ0) is 21.3. The summed E-state index contributed by atoms with van der Waals surface area (Å²) in [6.07, 6.45) is 1.28. The van der Waals surface area contributed by atoms with Crippen LogP contribution in [0.1, 0.15) is 29.6 Å². The van der Waals surface area contributed by atoms with Gasteiger partial charge in [-0.2, -0.15) is 0 Å². The zero-order valence-electron chi connectivity index (χ0n) is 16.2. The molecular formula is C22H21F2N3O3. The Morgan fingerprint density at radius 3 is 2.33 bits per heavy atom. The van der Waals surface area contributed by atoms with Crippen molar-refractivity contribution < 1.29 is 23.2 Å². The molecule has 4 rings (SSSR count). The quantitative estimate of drug-likeness (QED) is 0.782. The number of hydrogen-bond donors (Lipinski definition) is 1. The lowest BCUT2D eigenvalue weighted by molar-refractivity contribution is -0.121. The maximum absolute atomic E-state index is 13.4. The van der Waals surface area contributed by atoms with Crippen LogP contribution in [0, 0.1) is 11.6 Å². The van der Waals surface area contributed by atoms with Gasteiger partial charge in [-0.1, -0.05) is 6.07 Å². The summed E-state index contributed by atoms with van der Waals surface area (Å²) in [5, 5.41) is 3.23. The van der Waals surface area contributed by atoms with Crippen LogP contribution in [-0.4, -0.2) is 47.8 Å². The Hall–Kier alpha value is -3.13. The SMILES string of the molecule is O=C(c1cccc(F)c1)N1CCC(N[C@H]2CC(=O)N(c3ccc(F)cc3)C2=O)CC1. The van der Waals surface area contributed by atoms with Crippen LogP contribution in [0.3, 0.4) is 0 Å². The third-order valence-electron chi connectivity index (χ3n) is 5.52. The number of carbonyl (C=O) groups excluding carboxylic acids is 3. The normalized spacial score (nSPS) is 20.1. The summed E-state index contributed by atoms with van der Waals surface area (Å²) in [6.45, 7) is 0.951. The first-order chi connectivity index (χ1) is 14.4. The molecule has 2 aliphatic heterocycles. The summed E-state index contributed by atoms with van der Waals surface area (Å²) in [4.78, 5) is 40.3. The molecule has 0 aliphatic carbocycles. The van der Waals surface area contributed by atoms with Crippen molar-refractivity contribution in [2.24, 2.45) is 0 Å². The fraction of sp³-hybridized carbons (Fsp3) is 0.318. The second kappa shape index (κ2) is 8.31. The summed E-state index contributed by atoms with van der Waals surface area (Å²) in [5.41, 5.74) is 0.666. The Labute approximate surface area is 172 Å². The Morgan fingerprint density at radius 1 is 0.967 bits per heavy atom. The van der Waals surface area contributed by atoms with Crippen LogP contribution in [0.25, 0.3) is 0 Å². The first kappa shape index (κ1) is 20.2. The van der Waals surface area contributed by atoms with Crippen molar-refractivity contribution in [1.82, 2.24) is 10.2 Å². The van der Waals surface area contributed by atoms with Gasteiger partial charge in [0.1, 0.15) is 11.6 Å². The predicted molar refractivity (Wildman–Crippen MR) is 106 cm³/mol. The smallest absolute Gasteiger partial charge is 0.253 e. The van der Waals surface area contributed by atoms with Gasteiger partial charge in [0.15, 0.2) is 0 Å². The van der Waals surface area contributed by atoms with Crippen LogP contribution in [0.5, 0.6) is 0 Å². The van der Waals surface area contributed by atoms with E-state index in [0.29, 0.717) is 37.2 Å². The molecule has 2 fully saturated rings. The average molecular weight is 413 g/mol. The molecular weight excluding hydrogens is 392 g/mol. The monoisotopic (exact) mass is 413 g/mol. The summed E-state index contributed by atoms with van der Waals surface area (Å²) < 4.78 is 26.5. The number of halogens is 2. The van der Waals surface area contributed by atoms with E-state index in [1.807, 2.05) is 0 Å². The molecule has 2 aromatic carbocycles. The summed E-state index contributed by atoms with van der Waals surface area (Å²) >= 11 is 0. The van der Waals surface area contributed by atoms with Gasteiger partial charge in [0.2, 0.25) is 5.91 Å². The summed E-state index contributed by atoms with van der Waals surface area (Å²) in [5.74, 6) is -1.80. The van der Waals surface area contributed by atoms with Gasteiger partial charge in [-0.05, 0) is 55.3 Å². The van der Waals surface area contributed by atoms with E-state index in [4.69, 9.17) is 0 Å². The number of nitrogens with one attached hydrogen (secondary N) is 1. The topological polar surface area (TPSA) is 69.7 Å². The Balaban J connectivity index is 1.34. The number of amides is 3. The molecule has 2 saturated heterocycles. The number of likely N-dealkylation sites (tertiary alicyclic amines) is 1. The van der Waals surface area contributed by atoms with E-state index in [0.717, 1.165) is 4.90 Å². The fourth-order valence-electron chi connectivity index (χ4n) is 3.96. The lowest BCUT2D eigenvalue weighted by Crippen LogP contribution is -2.49. The molecule has 0 saturated carbocycles. The summed E-state index contributed by atoms with van der Waals surface area (Å²) in [6, 6.07) is 10.2. The van der Waals surface area contributed by atoms with Gasteiger partial charge in [-0.25, -0.2) is 13.7 Å². The lowest BCUT2D eigenvalue weighted by atomic mass is 10.0. The van der Waals surface area contributed by atoms with Gasteiger partial charge < -0.3 is 10.2 Å². The molecule has 0 unspecified atom stereocenters. The van der Waals surface area contributed by atoms with Crippen molar-refractivity contribution in [3.05, 3.63) is 65.7 Å². The molecule has 1 N–H and O–H groups in total.